The van der Waals surface area contributed by atoms with Crippen LogP contribution in [-0.2, 0) is 11.5 Å². The van der Waals surface area contributed by atoms with Crippen molar-refractivity contribution in [3.8, 4) is 0 Å². The molecule has 0 atom stereocenters. The maximum Gasteiger partial charge on any atom is 0.195 e. The van der Waals surface area contributed by atoms with Gasteiger partial charge in [-0.05, 0) is 57.7 Å². The Morgan fingerprint density at radius 3 is 2.00 bits per heavy atom. The molecule has 0 aliphatic heterocycles. The van der Waals surface area contributed by atoms with Crippen molar-refractivity contribution in [2.75, 3.05) is 0 Å². The molecule has 0 spiro atoms. The monoisotopic (exact) mass is 422 g/mol. The molecular formula is C8H8I2O2S. The van der Waals surface area contributed by atoms with E-state index in [2.05, 4.69) is 0 Å². The van der Waals surface area contributed by atoms with E-state index in [0.29, 0.717) is 0 Å². The third-order valence-electron chi connectivity index (χ3n) is 1.63. The molecule has 13 heavy (non-hydrogen) atoms. The van der Waals surface area contributed by atoms with Crippen LogP contribution in [0.3, 0.4) is 0 Å². The standard InChI is InChI=1S/C8H8I2O2S/c1-6-2-4-7(5-3-6)8(9,10)13(11)12/h2-5,13H,1H3. The fourth-order valence-electron chi connectivity index (χ4n) is 0.859. The Bertz CT molecular complexity index is 360. The molecular weight excluding hydrogens is 414 g/mol. The third kappa shape index (κ3) is 2.79. The smallest absolute Gasteiger partial charge is 0.195 e. The van der Waals surface area contributed by atoms with E-state index >= 15 is 0 Å². The van der Waals surface area contributed by atoms with Crippen molar-refractivity contribution in [2.45, 2.75) is 7.68 Å². The summed E-state index contributed by atoms with van der Waals surface area (Å²) in [5, 5.41) is 0. The van der Waals surface area contributed by atoms with Gasteiger partial charge >= 0.3 is 0 Å². The summed E-state index contributed by atoms with van der Waals surface area (Å²) < 4.78 is 21.0. The molecule has 1 aromatic carbocycles. The first kappa shape index (κ1) is 11.7. The molecule has 0 heterocycles. The number of hydrogen-bond acceptors (Lipinski definition) is 2. The van der Waals surface area contributed by atoms with Gasteiger partial charge in [0.15, 0.2) is 11.5 Å². The number of aryl methyl sites for hydroxylation is 1. The molecule has 1 rings (SSSR count). The van der Waals surface area contributed by atoms with Gasteiger partial charge < -0.3 is 0 Å². The molecule has 2 nitrogen and oxygen atoms in total. The lowest BCUT2D eigenvalue weighted by Gasteiger charge is -2.13. The summed E-state index contributed by atoms with van der Waals surface area (Å²) in [7, 11) is -2.46. The summed E-state index contributed by atoms with van der Waals surface area (Å²) in [5.41, 5.74) is 1.95. The van der Waals surface area contributed by atoms with Gasteiger partial charge in [-0.2, -0.15) is 0 Å². The summed E-state index contributed by atoms with van der Waals surface area (Å²) in [6.07, 6.45) is 0. The van der Waals surface area contributed by atoms with Crippen molar-refractivity contribution < 1.29 is 8.42 Å². The highest BCUT2D eigenvalue weighted by molar-refractivity contribution is 14.2. The lowest BCUT2D eigenvalue weighted by atomic mass is 10.2. The molecule has 0 aliphatic rings. The molecule has 0 N–H and O–H groups in total. The molecule has 72 valence electrons. The van der Waals surface area contributed by atoms with E-state index < -0.39 is 11.5 Å². The normalized spacial score (nSPS) is 12.0. The zero-order valence-electron chi connectivity index (χ0n) is 6.83. The van der Waals surface area contributed by atoms with Gasteiger partial charge in [0.2, 0.25) is 0 Å². The third-order valence-corrected chi connectivity index (χ3v) is 5.95. The minimum absolute atomic E-state index is 0.815. The predicted molar refractivity (Wildman–Crippen MR) is 71.2 cm³/mol. The quantitative estimate of drug-likeness (QED) is 0.452. The highest BCUT2D eigenvalue weighted by Gasteiger charge is 2.28. The number of benzene rings is 1. The van der Waals surface area contributed by atoms with E-state index in [0.717, 1.165) is 11.1 Å². The first-order chi connectivity index (χ1) is 5.94. The molecule has 0 saturated carbocycles. The van der Waals surface area contributed by atoms with Gasteiger partial charge in [0.1, 0.15) is 0 Å². The topological polar surface area (TPSA) is 34.1 Å². The van der Waals surface area contributed by atoms with Crippen LogP contribution in [0.2, 0.25) is 0 Å². The molecule has 0 radical (unpaired) electrons. The highest BCUT2D eigenvalue weighted by atomic mass is 127. The van der Waals surface area contributed by atoms with Crippen molar-refractivity contribution >= 4 is 55.9 Å². The molecule has 0 fully saturated rings. The number of halogens is 2. The van der Waals surface area contributed by atoms with Gasteiger partial charge in [-0.25, -0.2) is 8.42 Å². The van der Waals surface area contributed by atoms with E-state index in [1.807, 2.05) is 76.4 Å². The van der Waals surface area contributed by atoms with Crippen molar-refractivity contribution in [1.82, 2.24) is 0 Å². The van der Waals surface area contributed by atoms with Gasteiger partial charge in [-0.15, -0.1) is 0 Å². The Hall–Kier alpha value is 0.630. The lowest BCUT2D eigenvalue weighted by molar-refractivity contribution is 0.613. The molecule has 0 aliphatic carbocycles. The van der Waals surface area contributed by atoms with E-state index in [1.165, 1.54) is 0 Å². The van der Waals surface area contributed by atoms with E-state index in [9.17, 15) is 8.42 Å². The van der Waals surface area contributed by atoms with Crippen molar-refractivity contribution in [2.24, 2.45) is 0 Å². The summed E-state index contributed by atoms with van der Waals surface area (Å²) >= 11 is 3.87. The molecule has 1 aromatic rings. The maximum absolute atomic E-state index is 10.9. The first-order valence-corrected chi connectivity index (χ1v) is 6.87. The van der Waals surface area contributed by atoms with Crippen LogP contribution in [-0.4, -0.2) is 8.42 Å². The van der Waals surface area contributed by atoms with Crippen LogP contribution < -0.4 is 0 Å². The molecule has 0 aromatic heterocycles. The van der Waals surface area contributed by atoms with Gasteiger partial charge in [0.05, 0.1) is 0 Å². The number of thiol groups is 1. The van der Waals surface area contributed by atoms with Gasteiger partial charge in [-0.1, -0.05) is 29.8 Å². The lowest BCUT2D eigenvalue weighted by Crippen LogP contribution is -2.09. The summed E-state index contributed by atoms with van der Waals surface area (Å²) in [6.45, 7) is 1.98. The SMILES string of the molecule is Cc1ccc(C(I)(I)[SH](=O)=O)cc1. The van der Waals surface area contributed by atoms with Crippen LogP contribution in [0, 0.1) is 6.92 Å². The average molecular weight is 422 g/mol. The Kier molecular flexibility index (Phi) is 3.99. The van der Waals surface area contributed by atoms with E-state index in [-0.39, 0.29) is 0 Å². The van der Waals surface area contributed by atoms with Crippen LogP contribution in [0.1, 0.15) is 11.1 Å². The van der Waals surface area contributed by atoms with Crippen molar-refractivity contribution in [3.63, 3.8) is 0 Å². The highest BCUT2D eigenvalue weighted by Crippen LogP contribution is 2.40. The van der Waals surface area contributed by atoms with Gasteiger partial charge in [0.25, 0.3) is 0 Å². The number of hydrogen-bond donors (Lipinski definition) is 1. The predicted octanol–water partition coefficient (Wildman–Crippen LogP) is 2.59. The van der Waals surface area contributed by atoms with Gasteiger partial charge in [0, 0.05) is 0 Å². The molecule has 0 bridgehead atoms. The second kappa shape index (κ2) is 4.43. The fourth-order valence-corrected chi connectivity index (χ4v) is 1.94. The summed E-state index contributed by atoms with van der Waals surface area (Å²) in [6, 6.07) is 7.53. The van der Waals surface area contributed by atoms with Gasteiger partial charge in [-0.3, -0.25) is 0 Å². The second-order valence-corrected chi connectivity index (χ2v) is 10.9. The van der Waals surface area contributed by atoms with E-state index in [4.69, 9.17) is 0 Å². The number of rotatable bonds is 2. The average Bonchev–Trinajstić information content (AvgIpc) is 2.04. The molecule has 0 unspecified atom stereocenters. The summed E-state index contributed by atoms with van der Waals surface area (Å²) in [4.78, 5) is 0. The van der Waals surface area contributed by atoms with E-state index in [1.54, 1.807) is 0 Å². The Labute approximate surface area is 106 Å². The summed E-state index contributed by atoms with van der Waals surface area (Å²) in [5.74, 6) is 0. The van der Waals surface area contributed by atoms with Crippen LogP contribution in [0.15, 0.2) is 24.3 Å². The zero-order valence-corrected chi connectivity index (χ0v) is 12.0. The zero-order chi connectivity index (χ0) is 10.1. The molecule has 0 saturated heterocycles. The van der Waals surface area contributed by atoms with Crippen molar-refractivity contribution in [1.29, 1.82) is 0 Å². The first-order valence-electron chi connectivity index (χ1n) is 3.54. The van der Waals surface area contributed by atoms with Crippen LogP contribution in [0.4, 0.5) is 0 Å². The Balaban J connectivity index is 3.15. The largest absolute Gasteiger partial charge is 0.229 e. The Morgan fingerprint density at radius 2 is 1.62 bits per heavy atom. The minimum atomic E-state index is -2.46. The molecule has 0 amide bonds. The minimum Gasteiger partial charge on any atom is -0.229 e. The van der Waals surface area contributed by atoms with Crippen molar-refractivity contribution in [3.05, 3.63) is 35.4 Å². The Morgan fingerprint density at radius 1 is 1.15 bits per heavy atom. The van der Waals surface area contributed by atoms with Crippen LogP contribution >= 0.6 is 45.2 Å². The fraction of sp³-hybridized carbons (Fsp3) is 0.250. The maximum atomic E-state index is 10.9. The second-order valence-electron chi connectivity index (χ2n) is 2.66. The van der Waals surface area contributed by atoms with Crippen LogP contribution in [0.5, 0.6) is 0 Å². The molecule has 5 heteroatoms. The van der Waals surface area contributed by atoms with Crippen LogP contribution in [0.25, 0.3) is 0 Å². The number of alkyl halides is 2.